The van der Waals surface area contributed by atoms with Crippen LogP contribution in [0.5, 0.6) is 0 Å². The molecule has 2 saturated heterocycles. The fraction of sp³-hybridized carbons (Fsp3) is 1.00. The van der Waals surface area contributed by atoms with E-state index in [0.29, 0.717) is 0 Å². The highest BCUT2D eigenvalue weighted by molar-refractivity contribution is 4.93. The monoisotopic (exact) mass is 188 g/mol. The highest BCUT2D eigenvalue weighted by atomic mass is 16.8. The maximum atomic E-state index is 9.51. The highest BCUT2D eigenvalue weighted by Crippen LogP contribution is 2.38. The van der Waals surface area contributed by atoms with Gasteiger partial charge in [-0.15, -0.1) is 0 Å². The van der Waals surface area contributed by atoms with Crippen LogP contribution in [0.1, 0.15) is 27.2 Å². The Labute approximate surface area is 77.8 Å². The molecule has 0 radical (unpaired) electrons. The predicted molar refractivity (Wildman–Crippen MR) is 45.0 cm³/mol. The molecule has 0 aromatic carbocycles. The normalized spacial score (nSPS) is 48.0. The third kappa shape index (κ3) is 1.48. The zero-order valence-electron chi connectivity index (χ0n) is 8.19. The lowest BCUT2D eigenvalue weighted by Gasteiger charge is -2.21. The Kier molecular flexibility index (Phi) is 2.11. The Morgan fingerprint density at radius 1 is 1.23 bits per heavy atom. The zero-order valence-corrected chi connectivity index (χ0v) is 8.19. The first kappa shape index (κ1) is 9.40. The molecule has 76 valence electrons. The van der Waals surface area contributed by atoms with E-state index in [4.69, 9.17) is 14.2 Å². The molecule has 4 atom stereocenters. The molecule has 1 N–H and O–H groups in total. The van der Waals surface area contributed by atoms with E-state index in [1.54, 1.807) is 0 Å². The Hall–Kier alpha value is -0.160. The molecule has 2 fully saturated rings. The minimum Gasteiger partial charge on any atom is -0.366 e. The van der Waals surface area contributed by atoms with Crippen LogP contribution >= 0.6 is 0 Å². The molecule has 0 aromatic heterocycles. The largest absolute Gasteiger partial charge is 0.366 e. The average Bonchev–Trinajstić information content (AvgIpc) is 2.47. The van der Waals surface area contributed by atoms with Crippen molar-refractivity contribution in [2.75, 3.05) is 0 Å². The molecule has 2 aliphatic rings. The summed E-state index contributed by atoms with van der Waals surface area (Å²) in [5, 5.41) is 9.51. The summed E-state index contributed by atoms with van der Waals surface area (Å²) in [5.74, 6) is -0.590. The van der Waals surface area contributed by atoms with Gasteiger partial charge in [0, 0.05) is 0 Å². The summed E-state index contributed by atoms with van der Waals surface area (Å²) < 4.78 is 16.4. The van der Waals surface area contributed by atoms with E-state index in [2.05, 4.69) is 0 Å². The van der Waals surface area contributed by atoms with Gasteiger partial charge in [-0.2, -0.15) is 0 Å². The lowest BCUT2D eigenvalue weighted by molar-refractivity contribution is -0.220. The molecule has 2 unspecified atom stereocenters. The number of rotatable bonds is 1. The second kappa shape index (κ2) is 2.92. The Balaban J connectivity index is 2.12. The van der Waals surface area contributed by atoms with Gasteiger partial charge in [0.1, 0.15) is 12.2 Å². The van der Waals surface area contributed by atoms with Gasteiger partial charge in [0.15, 0.2) is 12.1 Å². The molecular formula is C9H16O4. The van der Waals surface area contributed by atoms with Crippen LogP contribution in [0.15, 0.2) is 0 Å². The second-order valence-corrected chi connectivity index (χ2v) is 4.04. The van der Waals surface area contributed by atoms with Gasteiger partial charge < -0.3 is 19.3 Å². The Bertz CT molecular complexity index is 204. The van der Waals surface area contributed by atoms with E-state index in [9.17, 15) is 5.11 Å². The van der Waals surface area contributed by atoms with E-state index >= 15 is 0 Å². The fourth-order valence-electron chi connectivity index (χ4n) is 1.99. The number of ether oxygens (including phenoxy) is 3. The first-order chi connectivity index (χ1) is 6.03. The molecule has 0 bridgehead atoms. The summed E-state index contributed by atoms with van der Waals surface area (Å²) in [5.41, 5.74) is 0. The molecular weight excluding hydrogens is 172 g/mol. The third-order valence-electron chi connectivity index (χ3n) is 2.53. The van der Waals surface area contributed by atoms with Crippen molar-refractivity contribution < 1.29 is 19.3 Å². The molecule has 0 saturated carbocycles. The maximum Gasteiger partial charge on any atom is 0.184 e. The van der Waals surface area contributed by atoms with Crippen LogP contribution in [0, 0.1) is 0 Å². The van der Waals surface area contributed by atoms with Crippen LogP contribution in [0.2, 0.25) is 0 Å². The van der Waals surface area contributed by atoms with Crippen LogP contribution in [0.4, 0.5) is 0 Å². The standard InChI is InChI=1S/C9H16O4/c1-4-5-6-7(8(10)11-5)13-9(2,3)12-6/h5-8,10H,4H2,1-3H3/t5-,6?,7+,8?/m1/s1. The third-order valence-corrected chi connectivity index (χ3v) is 2.53. The van der Waals surface area contributed by atoms with E-state index in [1.807, 2.05) is 20.8 Å². The van der Waals surface area contributed by atoms with E-state index in [-0.39, 0.29) is 18.3 Å². The molecule has 2 aliphatic heterocycles. The number of hydrogen-bond donors (Lipinski definition) is 1. The van der Waals surface area contributed by atoms with Gasteiger partial charge in [0.2, 0.25) is 0 Å². The number of aliphatic hydroxyl groups excluding tert-OH is 1. The van der Waals surface area contributed by atoms with Crippen molar-refractivity contribution in [1.82, 2.24) is 0 Å². The minimum absolute atomic E-state index is 0.0400. The predicted octanol–water partition coefficient (Wildman–Crippen LogP) is 0.634. The molecule has 0 spiro atoms. The SMILES string of the molecule is CC[C@H]1OC(O)[C@H]2OC(C)(C)OC21. The van der Waals surface area contributed by atoms with Gasteiger partial charge in [0.25, 0.3) is 0 Å². The molecule has 0 amide bonds. The molecule has 2 heterocycles. The van der Waals surface area contributed by atoms with Gasteiger partial charge in [-0.1, -0.05) is 6.92 Å². The van der Waals surface area contributed by atoms with Crippen LogP contribution in [-0.2, 0) is 14.2 Å². The van der Waals surface area contributed by atoms with E-state index in [1.165, 1.54) is 0 Å². The van der Waals surface area contributed by atoms with Gasteiger partial charge in [-0.3, -0.25) is 0 Å². The number of fused-ring (bicyclic) bond motifs is 1. The van der Waals surface area contributed by atoms with Gasteiger partial charge >= 0.3 is 0 Å². The first-order valence-electron chi connectivity index (χ1n) is 4.72. The smallest absolute Gasteiger partial charge is 0.184 e. The topological polar surface area (TPSA) is 47.9 Å². The molecule has 0 aliphatic carbocycles. The Morgan fingerprint density at radius 2 is 1.85 bits per heavy atom. The molecule has 2 rings (SSSR count). The summed E-state index contributed by atoms with van der Waals surface area (Å²) >= 11 is 0. The van der Waals surface area contributed by atoms with Crippen molar-refractivity contribution in [2.24, 2.45) is 0 Å². The van der Waals surface area contributed by atoms with Crippen molar-refractivity contribution in [3.05, 3.63) is 0 Å². The van der Waals surface area contributed by atoms with Crippen molar-refractivity contribution in [3.8, 4) is 0 Å². The minimum atomic E-state index is -0.836. The van der Waals surface area contributed by atoms with Crippen LogP contribution < -0.4 is 0 Å². The molecule has 13 heavy (non-hydrogen) atoms. The van der Waals surface area contributed by atoms with Crippen LogP contribution in [0.3, 0.4) is 0 Å². The van der Waals surface area contributed by atoms with Crippen LogP contribution in [0.25, 0.3) is 0 Å². The van der Waals surface area contributed by atoms with Gasteiger partial charge in [-0.25, -0.2) is 0 Å². The summed E-state index contributed by atoms with van der Waals surface area (Å²) in [6.07, 6.45) is -0.481. The molecule has 4 heteroatoms. The van der Waals surface area contributed by atoms with Crippen molar-refractivity contribution in [3.63, 3.8) is 0 Å². The lowest BCUT2D eigenvalue weighted by atomic mass is 10.1. The zero-order chi connectivity index (χ0) is 9.64. The summed E-state index contributed by atoms with van der Waals surface area (Å²) in [7, 11) is 0. The van der Waals surface area contributed by atoms with E-state index in [0.717, 1.165) is 6.42 Å². The summed E-state index contributed by atoms with van der Waals surface area (Å²) in [4.78, 5) is 0. The number of aliphatic hydroxyl groups is 1. The van der Waals surface area contributed by atoms with Crippen LogP contribution in [-0.4, -0.2) is 35.5 Å². The van der Waals surface area contributed by atoms with Gasteiger partial charge in [0.05, 0.1) is 6.10 Å². The maximum absolute atomic E-state index is 9.51. The van der Waals surface area contributed by atoms with E-state index < -0.39 is 12.1 Å². The fourth-order valence-corrected chi connectivity index (χ4v) is 1.99. The van der Waals surface area contributed by atoms with Crippen molar-refractivity contribution in [2.45, 2.75) is 57.6 Å². The second-order valence-electron chi connectivity index (χ2n) is 4.04. The summed E-state index contributed by atoms with van der Waals surface area (Å²) in [6.45, 7) is 5.71. The summed E-state index contributed by atoms with van der Waals surface area (Å²) in [6, 6.07) is 0. The lowest BCUT2D eigenvalue weighted by Crippen LogP contribution is -2.29. The molecule has 0 aromatic rings. The van der Waals surface area contributed by atoms with Crippen molar-refractivity contribution in [1.29, 1.82) is 0 Å². The molecule has 4 nitrogen and oxygen atoms in total. The quantitative estimate of drug-likeness (QED) is 0.655. The van der Waals surface area contributed by atoms with Crippen molar-refractivity contribution >= 4 is 0 Å². The first-order valence-corrected chi connectivity index (χ1v) is 4.72. The number of hydrogen-bond acceptors (Lipinski definition) is 4. The average molecular weight is 188 g/mol. The van der Waals surface area contributed by atoms with Gasteiger partial charge in [-0.05, 0) is 20.3 Å². The Morgan fingerprint density at radius 3 is 2.46 bits per heavy atom. The highest BCUT2D eigenvalue weighted by Gasteiger charge is 2.54.